The molecular formula is C11H12FN. The van der Waals surface area contributed by atoms with Crippen molar-refractivity contribution < 1.29 is 4.39 Å². The lowest BCUT2D eigenvalue weighted by Gasteiger charge is -2.14. The fourth-order valence-corrected chi connectivity index (χ4v) is 1.15. The van der Waals surface area contributed by atoms with Gasteiger partial charge in [-0.1, -0.05) is 12.1 Å². The molecule has 0 atom stereocenters. The van der Waals surface area contributed by atoms with Crippen LogP contribution in [0, 0.1) is 22.6 Å². The molecule has 0 fully saturated rings. The van der Waals surface area contributed by atoms with Gasteiger partial charge in [-0.15, -0.1) is 0 Å². The Morgan fingerprint density at radius 3 is 2.31 bits per heavy atom. The molecule has 2 heteroatoms. The normalized spacial score (nSPS) is 10.9. The van der Waals surface area contributed by atoms with Gasteiger partial charge >= 0.3 is 0 Å². The summed E-state index contributed by atoms with van der Waals surface area (Å²) in [6.45, 7) is 3.74. The molecule has 0 heterocycles. The van der Waals surface area contributed by atoms with Gasteiger partial charge in [0.1, 0.15) is 5.82 Å². The number of nitrogens with zero attached hydrogens (tertiary/aromatic N) is 1. The lowest BCUT2D eigenvalue weighted by molar-refractivity contribution is 0.493. The molecule has 0 aliphatic rings. The van der Waals surface area contributed by atoms with E-state index in [9.17, 15) is 4.39 Å². The second-order valence-corrected chi connectivity index (χ2v) is 3.80. The van der Waals surface area contributed by atoms with Gasteiger partial charge in [-0.2, -0.15) is 5.26 Å². The van der Waals surface area contributed by atoms with Gasteiger partial charge in [0.15, 0.2) is 0 Å². The van der Waals surface area contributed by atoms with Crippen molar-refractivity contribution in [3.63, 3.8) is 0 Å². The van der Waals surface area contributed by atoms with Crippen molar-refractivity contribution in [2.75, 3.05) is 0 Å². The topological polar surface area (TPSA) is 23.8 Å². The predicted octanol–water partition coefficient (Wildman–Crippen LogP) is 2.92. The van der Waals surface area contributed by atoms with Crippen molar-refractivity contribution in [2.45, 2.75) is 20.3 Å². The lowest BCUT2D eigenvalue weighted by Crippen LogP contribution is -2.11. The van der Waals surface area contributed by atoms with Crippen molar-refractivity contribution in [3.05, 3.63) is 35.6 Å². The van der Waals surface area contributed by atoms with Crippen LogP contribution in [0.25, 0.3) is 0 Å². The van der Waals surface area contributed by atoms with Crippen LogP contribution in [0.15, 0.2) is 24.3 Å². The molecule has 0 saturated carbocycles. The van der Waals surface area contributed by atoms with Crippen molar-refractivity contribution in [2.24, 2.45) is 5.41 Å². The first-order valence-electron chi connectivity index (χ1n) is 4.19. The van der Waals surface area contributed by atoms with Gasteiger partial charge in [-0.05, 0) is 38.0 Å². The summed E-state index contributed by atoms with van der Waals surface area (Å²) in [6.07, 6.45) is 0.657. The van der Waals surface area contributed by atoms with Crippen LogP contribution >= 0.6 is 0 Å². The van der Waals surface area contributed by atoms with E-state index in [2.05, 4.69) is 6.07 Å². The zero-order chi connectivity index (χ0) is 9.90. The van der Waals surface area contributed by atoms with E-state index in [1.807, 2.05) is 13.8 Å². The van der Waals surface area contributed by atoms with E-state index < -0.39 is 0 Å². The second kappa shape index (κ2) is 3.57. The third kappa shape index (κ3) is 2.87. The standard InChI is InChI=1S/C11H12FN/c1-11(2,8-13)7-9-3-5-10(12)6-4-9/h3-6H,7H2,1-2H3. The molecular weight excluding hydrogens is 165 g/mol. The van der Waals surface area contributed by atoms with Gasteiger partial charge < -0.3 is 0 Å². The first-order chi connectivity index (χ1) is 6.03. The zero-order valence-electron chi connectivity index (χ0n) is 7.84. The van der Waals surface area contributed by atoms with Gasteiger partial charge in [0.2, 0.25) is 0 Å². The summed E-state index contributed by atoms with van der Waals surface area (Å²) in [6, 6.07) is 8.48. The molecule has 0 amide bonds. The maximum absolute atomic E-state index is 12.5. The lowest BCUT2D eigenvalue weighted by atomic mass is 9.87. The molecule has 0 aromatic heterocycles. The van der Waals surface area contributed by atoms with E-state index in [1.54, 1.807) is 12.1 Å². The molecule has 1 nitrogen and oxygen atoms in total. The van der Waals surface area contributed by atoms with Gasteiger partial charge in [0, 0.05) is 0 Å². The highest BCUT2D eigenvalue weighted by atomic mass is 19.1. The maximum Gasteiger partial charge on any atom is 0.123 e. The molecule has 0 bridgehead atoms. The minimum absolute atomic E-state index is 0.237. The summed E-state index contributed by atoms with van der Waals surface area (Å²) in [5, 5.41) is 8.79. The molecule has 0 unspecified atom stereocenters. The maximum atomic E-state index is 12.5. The average molecular weight is 177 g/mol. The second-order valence-electron chi connectivity index (χ2n) is 3.80. The molecule has 0 N–H and O–H groups in total. The highest BCUT2D eigenvalue weighted by molar-refractivity contribution is 5.19. The summed E-state index contributed by atoms with van der Waals surface area (Å²) in [5.41, 5.74) is 0.616. The molecule has 13 heavy (non-hydrogen) atoms. The van der Waals surface area contributed by atoms with Gasteiger partial charge in [-0.25, -0.2) is 4.39 Å². The highest BCUT2D eigenvalue weighted by Crippen LogP contribution is 2.20. The predicted molar refractivity (Wildman–Crippen MR) is 49.5 cm³/mol. The van der Waals surface area contributed by atoms with Crippen LogP contribution in [-0.2, 0) is 6.42 Å². The number of rotatable bonds is 2. The summed E-state index contributed by atoms with van der Waals surface area (Å²) in [7, 11) is 0. The van der Waals surface area contributed by atoms with Crippen molar-refractivity contribution >= 4 is 0 Å². The van der Waals surface area contributed by atoms with Crippen LogP contribution in [0.3, 0.4) is 0 Å². The SMILES string of the molecule is CC(C)(C#N)Cc1ccc(F)cc1. The Morgan fingerprint density at radius 1 is 1.31 bits per heavy atom. The van der Waals surface area contributed by atoms with Crippen LogP contribution in [0.1, 0.15) is 19.4 Å². The van der Waals surface area contributed by atoms with Crippen LogP contribution in [0.5, 0.6) is 0 Å². The summed E-state index contributed by atoms with van der Waals surface area (Å²) in [4.78, 5) is 0. The molecule has 1 rings (SSSR count). The van der Waals surface area contributed by atoms with Crippen molar-refractivity contribution in [1.82, 2.24) is 0 Å². The third-order valence-corrected chi connectivity index (χ3v) is 1.86. The van der Waals surface area contributed by atoms with Crippen LogP contribution in [-0.4, -0.2) is 0 Å². The molecule has 0 spiro atoms. The first-order valence-corrected chi connectivity index (χ1v) is 4.19. The molecule has 1 aromatic carbocycles. The number of nitriles is 1. The largest absolute Gasteiger partial charge is 0.207 e. The molecule has 68 valence electrons. The summed E-state index contributed by atoms with van der Waals surface area (Å²) >= 11 is 0. The number of benzene rings is 1. The van der Waals surface area contributed by atoms with E-state index in [1.165, 1.54) is 12.1 Å². The van der Waals surface area contributed by atoms with Crippen molar-refractivity contribution in [1.29, 1.82) is 5.26 Å². The Morgan fingerprint density at radius 2 is 1.85 bits per heavy atom. The number of hydrogen-bond acceptors (Lipinski definition) is 1. The molecule has 0 aliphatic heterocycles. The van der Waals surface area contributed by atoms with Crippen molar-refractivity contribution in [3.8, 4) is 6.07 Å². The first kappa shape index (κ1) is 9.73. The van der Waals surface area contributed by atoms with Crippen LogP contribution < -0.4 is 0 Å². The highest BCUT2D eigenvalue weighted by Gasteiger charge is 2.16. The minimum atomic E-state index is -0.377. The van der Waals surface area contributed by atoms with E-state index >= 15 is 0 Å². The molecule has 1 aromatic rings. The third-order valence-electron chi connectivity index (χ3n) is 1.86. The van der Waals surface area contributed by atoms with E-state index in [0.29, 0.717) is 6.42 Å². The minimum Gasteiger partial charge on any atom is -0.207 e. The monoisotopic (exact) mass is 177 g/mol. The fourth-order valence-electron chi connectivity index (χ4n) is 1.15. The Labute approximate surface area is 77.8 Å². The van der Waals surface area contributed by atoms with Gasteiger partial charge in [-0.3, -0.25) is 0 Å². The zero-order valence-corrected chi connectivity index (χ0v) is 7.84. The Kier molecular flexibility index (Phi) is 2.67. The Balaban J connectivity index is 2.77. The van der Waals surface area contributed by atoms with Crippen LogP contribution in [0.2, 0.25) is 0 Å². The summed E-state index contributed by atoms with van der Waals surface area (Å²) < 4.78 is 12.5. The van der Waals surface area contributed by atoms with E-state index in [-0.39, 0.29) is 11.2 Å². The summed E-state index contributed by atoms with van der Waals surface area (Å²) in [5.74, 6) is -0.237. The fraction of sp³-hybridized carbons (Fsp3) is 0.364. The molecule has 0 radical (unpaired) electrons. The quantitative estimate of drug-likeness (QED) is 0.681. The number of hydrogen-bond donors (Lipinski definition) is 0. The number of halogens is 1. The van der Waals surface area contributed by atoms with Gasteiger partial charge in [0.25, 0.3) is 0 Å². The average Bonchev–Trinajstić information content (AvgIpc) is 2.09. The molecule has 0 aliphatic carbocycles. The Hall–Kier alpha value is -1.36. The smallest absolute Gasteiger partial charge is 0.123 e. The van der Waals surface area contributed by atoms with E-state index in [0.717, 1.165) is 5.56 Å². The van der Waals surface area contributed by atoms with Gasteiger partial charge in [0.05, 0.1) is 11.5 Å². The van der Waals surface area contributed by atoms with E-state index in [4.69, 9.17) is 5.26 Å². The Bertz CT molecular complexity index is 319. The van der Waals surface area contributed by atoms with Crippen LogP contribution in [0.4, 0.5) is 4.39 Å². The molecule has 0 saturated heterocycles.